The smallest absolute Gasteiger partial charge is 1.00 e. The maximum Gasteiger partial charge on any atom is 2.00 e. The monoisotopic (exact) mass is 145 g/mol. The van der Waals surface area contributed by atoms with Crippen LogP contribution < -0.4 is 29.6 Å². The fraction of sp³-hybridized carbons (Fsp3) is 0. The van der Waals surface area contributed by atoms with E-state index in [4.69, 9.17) is 5.41 Å². The number of nitrogens with one attached hydrogen (secondary N) is 1. The van der Waals surface area contributed by atoms with Crippen molar-refractivity contribution in [1.82, 2.24) is 0 Å². The minimum absolute atomic E-state index is 0. The van der Waals surface area contributed by atoms with Gasteiger partial charge >= 0.3 is 52.6 Å². The van der Waals surface area contributed by atoms with E-state index in [-0.39, 0.29) is 69.3 Å². The molecule has 0 aromatic carbocycles. The van der Waals surface area contributed by atoms with Gasteiger partial charge in [0.15, 0.2) is 0 Å². The molecule has 0 atom stereocenters. The van der Waals surface area contributed by atoms with Gasteiger partial charge in [-0.1, -0.05) is 0 Å². The Bertz CT molecular complexity index is 44.8. The molecule has 0 saturated carbocycles. The van der Waals surface area contributed by atoms with Crippen LogP contribution in [0.4, 0.5) is 0 Å². The van der Waals surface area contributed by atoms with Crippen molar-refractivity contribution < 1.29 is 33.8 Å². The minimum atomic E-state index is 0. The van der Waals surface area contributed by atoms with Crippen molar-refractivity contribution in [2.24, 2.45) is 0 Å². The van der Waals surface area contributed by atoms with E-state index in [9.17, 15) is 0 Å². The van der Waals surface area contributed by atoms with Crippen LogP contribution in [-0.4, -0.2) is 28.2 Å². The van der Waals surface area contributed by atoms with E-state index in [0.717, 1.165) is 0 Å². The van der Waals surface area contributed by atoms with Crippen LogP contribution in [0.5, 0.6) is 0 Å². The first-order chi connectivity index (χ1) is 1.41. The van der Waals surface area contributed by atoms with Crippen molar-refractivity contribution in [3.05, 3.63) is 0 Å². The number of isothiocyanates is 1. The zero-order valence-electron chi connectivity index (χ0n) is 6.52. The quantitative estimate of drug-likeness (QED) is 0.239. The zero-order chi connectivity index (χ0) is 2.71. The van der Waals surface area contributed by atoms with Crippen molar-refractivity contribution in [3.8, 4) is 0 Å². The molecule has 0 spiro atoms. The van der Waals surface area contributed by atoms with Gasteiger partial charge in [0.2, 0.25) is 0 Å². The van der Waals surface area contributed by atoms with Crippen LogP contribution in [0.15, 0.2) is 0 Å². The van der Waals surface area contributed by atoms with Crippen molar-refractivity contribution in [2.75, 3.05) is 0 Å². The molecule has 0 aromatic rings. The average molecular weight is 146 g/mol. The number of rotatable bonds is 0. The first-order valence-electron chi connectivity index (χ1n) is 0.454. The zero-order valence-corrected chi connectivity index (χ0v) is 8.57. The Morgan fingerprint density at radius 1 is 1.67 bits per heavy atom. The second-order valence-corrected chi connectivity index (χ2v) is 0.306. The van der Waals surface area contributed by atoms with Gasteiger partial charge in [0.05, 0.1) is 5.16 Å². The summed E-state index contributed by atoms with van der Waals surface area (Å²) in [4.78, 5) is 0. The molecule has 0 aromatic heterocycles. The van der Waals surface area contributed by atoms with Gasteiger partial charge in [-0.15, -0.1) is 12.4 Å². The molecular formula is CH5ClMgNNaS. The molecule has 1 N–H and O–H groups in total. The Morgan fingerprint density at radius 2 is 1.67 bits per heavy atom. The van der Waals surface area contributed by atoms with Crippen LogP contribution in [-0.2, 0) is 0 Å². The van der Waals surface area contributed by atoms with Gasteiger partial charge in [0.25, 0.3) is 0 Å². The van der Waals surface area contributed by atoms with Crippen LogP contribution in [0.25, 0.3) is 0 Å². The molecule has 0 bridgehead atoms. The largest absolute Gasteiger partial charge is 2.00 e. The minimum Gasteiger partial charge on any atom is -1.00 e. The van der Waals surface area contributed by atoms with Crippen molar-refractivity contribution in [3.63, 3.8) is 0 Å². The van der Waals surface area contributed by atoms with E-state index in [1.54, 1.807) is 5.16 Å². The maximum atomic E-state index is 5.77. The van der Waals surface area contributed by atoms with Gasteiger partial charge in [0, 0.05) is 0 Å². The molecule has 0 fully saturated rings. The first kappa shape index (κ1) is 24.8. The number of halogens is 1. The fourth-order valence-electron chi connectivity index (χ4n) is 0. The van der Waals surface area contributed by atoms with E-state index >= 15 is 0 Å². The molecule has 0 saturated heterocycles. The van der Waals surface area contributed by atoms with Gasteiger partial charge in [-0.3, -0.25) is 0 Å². The third kappa shape index (κ3) is 40.1. The predicted octanol–water partition coefficient (Wildman–Crippen LogP) is -1.95. The van der Waals surface area contributed by atoms with Gasteiger partial charge in [0.1, 0.15) is 0 Å². The number of thiocarbonyl (C=S) groups is 1. The Morgan fingerprint density at radius 3 is 1.67 bits per heavy atom. The summed E-state index contributed by atoms with van der Waals surface area (Å²) in [5.74, 6) is 0. The van der Waals surface area contributed by atoms with Gasteiger partial charge < -0.3 is 4.28 Å². The molecule has 0 rings (SSSR count). The van der Waals surface area contributed by atoms with Gasteiger partial charge in [-0.25, -0.2) is 5.41 Å². The first-order valence-corrected chi connectivity index (χ1v) is 0.862. The number of hydrogen-bond acceptors (Lipinski definition) is 2. The summed E-state index contributed by atoms with van der Waals surface area (Å²) in [5.41, 5.74) is 0. The van der Waals surface area contributed by atoms with E-state index in [2.05, 4.69) is 12.2 Å². The summed E-state index contributed by atoms with van der Waals surface area (Å²) in [5, 5.41) is 7.36. The van der Waals surface area contributed by atoms with Crippen LogP contribution in [0, 0.1) is 5.41 Å². The summed E-state index contributed by atoms with van der Waals surface area (Å²) in [6.07, 6.45) is 0. The second-order valence-electron chi connectivity index (χ2n) is 0.102. The molecule has 0 radical (unpaired) electrons. The normalized spacial score (nSPS) is 1.33. The van der Waals surface area contributed by atoms with Crippen molar-refractivity contribution in [2.45, 2.75) is 0 Å². The Balaban J connectivity index is -0.00000000133. The third-order valence-electron chi connectivity index (χ3n) is 0. The summed E-state index contributed by atoms with van der Waals surface area (Å²) in [6, 6.07) is 0. The molecule has 0 aliphatic rings. The molecular weight excluding hydrogens is 141 g/mol. The maximum absolute atomic E-state index is 5.77. The van der Waals surface area contributed by atoms with E-state index in [1.165, 1.54) is 0 Å². The van der Waals surface area contributed by atoms with E-state index in [0.29, 0.717) is 0 Å². The van der Waals surface area contributed by atoms with Gasteiger partial charge in [-0.05, 0) is 12.2 Å². The van der Waals surface area contributed by atoms with Crippen molar-refractivity contribution in [1.29, 1.82) is 5.41 Å². The second kappa shape index (κ2) is 28.8. The molecule has 5 heteroatoms. The molecule has 1 nitrogen and oxygen atoms in total. The van der Waals surface area contributed by atoms with Crippen LogP contribution in [0.2, 0.25) is 0 Å². The van der Waals surface area contributed by atoms with E-state index in [1.807, 2.05) is 0 Å². The van der Waals surface area contributed by atoms with Crippen molar-refractivity contribution >= 4 is 52.8 Å². The summed E-state index contributed by atoms with van der Waals surface area (Å²) in [7, 11) is 0. The summed E-state index contributed by atoms with van der Waals surface area (Å²) >= 11 is 3.81. The van der Waals surface area contributed by atoms with Crippen LogP contribution >= 0.6 is 24.6 Å². The van der Waals surface area contributed by atoms with Gasteiger partial charge in [-0.2, -0.15) is 0 Å². The fourth-order valence-corrected chi connectivity index (χ4v) is 0. The standard InChI is InChI=1S/CHNS.ClH.Mg.Na.3H/c2-1-3;;;;;;/h2H;1H;;;;;/q;;+2;+1;3*-1. The SMILES string of the molecule is Cl.N=C=S.[H-].[H-].[H-].[Mg+2].[Na+]. The van der Waals surface area contributed by atoms with Crippen LogP contribution in [0.1, 0.15) is 4.28 Å². The summed E-state index contributed by atoms with van der Waals surface area (Å²) in [6.45, 7) is 0. The Kier molecular flexibility index (Phi) is 119. The predicted molar refractivity (Wildman–Crippen MR) is 31.7 cm³/mol. The Labute approximate surface area is 91.1 Å². The molecule has 0 unspecified atom stereocenters. The molecule has 0 amide bonds. The molecule has 30 valence electrons. The average Bonchev–Trinajstić information content (AvgIpc) is 0.918. The van der Waals surface area contributed by atoms with E-state index < -0.39 is 0 Å². The molecule has 0 heterocycles. The molecule has 0 aliphatic carbocycles. The number of hydrogen-bond donors (Lipinski definition) is 1. The third-order valence-corrected chi connectivity index (χ3v) is 0. The molecule has 0 aliphatic heterocycles. The summed E-state index contributed by atoms with van der Waals surface area (Å²) < 4.78 is 0. The van der Waals surface area contributed by atoms with Crippen LogP contribution in [0.3, 0.4) is 0 Å². The Hall–Kier alpha value is 1.86. The topological polar surface area (TPSA) is 23.9 Å². The molecule has 6 heavy (non-hydrogen) atoms.